The monoisotopic (exact) mass is 829 g/mol. The molecule has 1 aliphatic carbocycles. The van der Waals surface area contributed by atoms with Gasteiger partial charge in [-0.25, -0.2) is 9.97 Å². The molecule has 59 heavy (non-hydrogen) atoms. The predicted molar refractivity (Wildman–Crippen MR) is 213 cm³/mol. The molecule has 2 aliphatic heterocycles. The average Bonchev–Trinajstić information content (AvgIpc) is 3.96. The molecule has 308 valence electrons. The molecule has 0 bridgehead atoms. The highest BCUT2D eigenvalue weighted by atomic mass is 35.5. The van der Waals surface area contributed by atoms with Gasteiger partial charge in [-0.2, -0.15) is 0 Å². The molecular formula is C42H42ClF2N7O7. The van der Waals surface area contributed by atoms with Crippen LogP contribution in [0, 0.1) is 6.92 Å². The van der Waals surface area contributed by atoms with Crippen LogP contribution < -0.4 is 30.7 Å². The van der Waals surface area contributed by atoms with Crippen LogP contribution in [0.4, 0.5) is 20.4 Å². The Kier molecular flexibility index (Phi) is 11.8. The lowest BCUT2D eigenvalue weighted by Crippen LogP contribution is -2.53. The number of unbranched alkanes of at least 4 members (excludes halogenated alkanes) is 1. The number of nitrogens with two attached hydrogens (primary N) is 1. The molecule has 0 unspecified atom stereocenters. The number of fused-ring (bicyclic) bond motifs is 1. The van der Waals surface area contributed by atoms with E-state index in [0.717, 1.165) is 5.56 Å². The third kappa shape index (κ3) is 9.12. The van der Waals surface area contributed by atoms with Gasteiger partial charge in [0.05, 0.1) is 11.1 Å². The van der Waals surface area contributed by atoms with Crippen LogP contribution in [-0.4, -0.2) is 82.8 Å². The van der Waals surface area contributed by atoms with E-state index in [0.29, 0.717) is 97.6 Å². The van der Waals surface area contributed by atoms with Crippen molar-refractivity contribution in [1.82, 2.24) is 20.2 Å². The van der Waals surface area contributed by atoms with Crippen LogP contribution in [0.5, 0.6) is 11.5 Å². The quantitative estimate of drug-likeness (QED) is 0.109. The summed E-state index contributed by atoms with van der Waals surface area (Å²) in [6, 6.07) is 18.4. The van der Waals surface area contributed by atoms with Gasteiger partial charge in [-0.15, -0.1) is 20.4 Å². The van der Waals surface area contributed by atoms with Gasteiger partial charge in [-0.1, -0.05) is 30.3 Å². The van der Waals surface area contributed by atoms with Crippen molar-refractivity contribution in [3.63, 3.8) is 0 Å². The number of amides is 5. The molecule has 1 saturated carbocycles. The van der Waals surface area contributed by atoms with Crippen LogP contribution in [-0.2, 0) is 37.4 Å². The Morgan fingerprint density at radius 1 is 0.932 bits per heavy atom. The minimum absolute atomic E-state index is 0.0602. The number of anilines is 2. The third-order valence-corrected chi connectivity index (χ3v) is 10.9. The number of carbonyl (C=O) groups excluding carboxylic acids is 5. The summed E-state index contributed by atoms with van der Waals surface area (Å²) in [5, 5.41) is 5.82. The number of hydrogen-bond acceptors (Lipinski definition) is 9. The molecule has 0 atom stereocenters. The smallest absolute Gasteiger partial charge is 0.395 e. The Hall–Kier alpha value is -6.16. The van der Waals surface area contributed by atoms with Crippen LogP contribution in [0.25, 0.3) is 11.3 Å². The van der Waals surface area contributed by atoms with E-state index in [1.54, 1.807) is 36.4 Å². The minimum Gasteiger partial charge on any atom is -0.395 e. The second-order valence-corrected chi connectivity index (χ2v) is 15.0. The van der Waals surface area contributed by atoms with Crippen molar-refractivity contribution in [3.8, 4) is 22.8 Å². The Morgan fingerprint density at radius 3 is 2.46 bits per heavy atom. The second kappa shape index (κ2) is 17.0. The molecule has 3 aliphatic rings. The first kappa shape index (κ1) is 41.0. The van der Waals surface area contributed by atoms with Crippen LogP contribution >= 0.6 is 11.6 Å². The molecule has 17 heteroatoms. The highest BCUT2D eigenvalue weighted by Crippen LogP contribution is 2.52. The first-order chi connectivity index (χ1) is 28.3. The van der Waals surface area contributed by atoms with E-state index in [9.17, 15) is 32.8 Å². The maximum atomic E-state index is 13.7. The van der Waals surface area contributed by atoms with Crippen molar-refractivity contribution < 1.29 is 42.2 Å². The number of ether oxygens (including phenoxy) is 2. The first-order valence-electron chi connectivity index (χ1n) is 19.3. The average molecular weight is 830 g/mol. The summed E-state index contributed by atoms with van der Waals surface area (Å²) >= 11 is 5.64. The number of nitrogens with one attached hydrogen (secondary N) is 2. The van der Waals surface area contributed by atoms with E-state index >= 15 is 0 Å². The number of benzene rings is 2. The van der Waals surface area contributed by atoms with Crippen molar-refractivity contribution in [1.29, 1.82) is 0 Å². The van der Waals surface area contributed by atoms with Crippen LogP contribution in [0.3, 0.4) is 0 Å². The van der Waals surface area contributed by atoms with Gasteiger partial charge >= 0.3 is 6.29 Å². The summed E-state index contributed by atoms with van der Waals surface area (Å²) in [4.78, 5) is 76.0. The topological polar surface area (TPSA) is 186 Å². The number of halogens is 3. The summed E-state index contributed by atoms with van der Waals surface area (Å²) < 4.78 is 36.4. The normalized spacial score (nSPS) is 16.1. The maximum absolute atomic E-state index is 13.7. The molecule has 0 spiro atoms. The van der Waals surface area contributed by atoms with Crippen molar-refractivity contribution >= 4 is 52.8 Å². The number of aryl methyl sites for hydroxylation is 1. The van der Waals surface area contributed by atoms with Gasteiger partial charge in [0.2, 0.25) is 29.5 Å². The zero-order chi connectivity index (χ0) is 41.9. The van der Waals surface area contributed by atoms with Crippen LogP contribution in [0.2, 0.25) is 0 Å². The fourth-order valence-corrected chi connectivity index (χ4v) is 7.58. The fourth-order valence-electron chi connectivity index (χ4n) is 7.41. The SMILES string of the molecule is Cc1ccc(NC(=O)C2(c3ccc4c(c3)OC(F)(F)O4)CC2)nc1-c1cccc(C(N)=O)c1CCCCC(=O)NCCc1cccc(N2CCN(C(=O)CCl)CC2=O)n1. The Balaban J connectivity index is 0.943. The molecule has 14 nitrogen and oxygen atoms in total. The van der Waals surface area contributed by atoms with Gasteiger partial charge in [0, 0.05) is 49.3 Å². The van der Waals surface area contributed by atoms with E-state index < -0.39 is 17.6 Å². The van der Waals surface area contributed by atoms with Gasteiger partial charge in [0.1, 0.15) is 24.1 Å². The van der Waals surface area contributed by atoms with Crippen molar-refractivity contribution in [3.05, 3.63) is 94.7 Å². The van der Waals surface area contributed by atoms with Crippen LogP contribution in [0.15, 0.2) is 66.7 Å². The summed E-state index contributed by atoms with van der Waals surface area (Å²) in [7, 11) is 0. The molecule has 4 heterocycles. The molecular weight excluding hydrogens is 788 g/mol. The Bertz CT molecular complexity index is 2320. The molecule has 2 aromatic heterocycles. The van der Waals surface area contributed by atoms with E-state index in [-0.39, 0.29) is 59.8 Å². The molecule has 2 aromatic carbocycles. The fraction of sp³-hybridized carbons (Fsp3) is 0.357. The number of nitrogens with zero attached hydrogens (tertiary/aromatic N) is 4. The third-order valence-electron chi connectivity index (χ3n) is 10.7. The highest BCUT2D eigenvalue weighted by molar-refractivity contribution is 6.27. The highest BCUT2D eigenvalue weighted by Gasteiger charge is 2.53. The van der Waals surface area contributed by atoms with Gasteiger partial charge in [0.15, 0.2) is 11.5 Å². The number of rotatable bonds is 15. The minimum atomic E-state index is -3.77. The molecule has 1 saturated heterocycles. The number of carbonyl (C=O) groups is 5. The molecule has 4 N–H and O–H groups in total. The van der Waals surface area contributed by atoms with Crippen LogP contribution in [0.1, 0.15) is 64.8 Å². The second-order valence-electron chi connectivity index (χ2n) is 14.7. The lowest BCUT2D eigenvalue weighted by Gasteiger charge is -2.33. The Labute approximate surface area is 343 Å². The first-order valence-corrected chi connectivity index (χ1v) is 19.8. The lowest BCUT2D eigenvalue weighted by molar-refractivity contribution is -0.286. The van der Waals surface area contributed by atoms with E-state index in [1.165, 1.54) is 21.9 Å². The van der Waals surface area contributed by atoms with Crippen molar-refractivity contribution in [2.24, 2.45) is 5.73 Å². The number of hydrogen-bond donors (Lipinski definition) is 3. The largest absolute Gasteiger partial charge is 0.586 e. The van der Waals surface area contributed by atoms with Gasteiger partial charge in [-0.3, -0.25) is 28.9 Å². The predicted octanol–water partition coefficient (Wildman–Crippen LogP) is 5.03. The van der Waals surface area contributed by atoms with Gasteiger partial charge < -0.3 is 30.7 Å². The number of piperazine rings is 1. The molecule has 4 aromatic rings. The molecule has 2 fully saturated rings. The van der Waals surface area contributed by atoms with Gasteiger partial charge in [0.25, 0.3) is 0 Å². The summed E-state index contributed by atoms with van der Waals surface area (Å²) in [5.74, 6) is -1.29. The standard InChI is InChI=1S/C42H42ClF2N7O7/c1-25-12-15-33(50-40(57)41(17-18-41)26-13-14-31-32(22-26)59-42(44,45)58-31)49-38(25)29-8-5-9-30(39(46)56)28(29)7-2-3-11-35(53)47-19-16-27-6-4-10-34(48-27)52-21-20-51(24-37(52)55)36(54)23-43/h4-6,8-10,12-15,22H,2-3,7,11,16-21,23-24H2,1H3,(H2,46,56)(H,47,53)(H,49,50,57). The number of alkyl halides is 3. The van der Waals surface area contributed by atoms with Crippen molar-refractivity contribution in [2.45, 2.75) is 63.6 Å². The lowest BCUT2D eigenvalue weighted by atomic mass is 9.92. The zero-order valence-corrected chi connectivity index (χ0v) is 32.9. The number of pyridine rings is 2. The summed E-state index contributed by atoms with van der Waals surface area (Å²) in [6.07, 6.45) is -0.562. The maximum Gasteiger partial charge on any atom is 0.586 e. The zero-order valence-electron chi connectivity index (χ0n) is 32.2. The summed E-state index contributed by atoms with van der Waals surface area (Å²) in [5.41, 5.74) is 9.09. The Morgan fingerprint density at radius 2 is 1.71 bits per heavy atom. The van der Waals surface area contributed by atoms with Crippen molar-refractivity contribution in [2.75, 3.05) is 42.3 Å². The summed E-state index contributed by atoms with van der Waals surface area (Å²) in [6.45, 7) is 2.81. The number of primary amides is 1. The van der Waals surface area contributed by atoms with E-state index in [4.69, 9.17) is 22.3 Å². The number of aromatic nitrogens is 2. The molecule has 0 radical (unpaired) electrons. The molecule has 7 rings (SSSR count). The van der Waals surface area contributed by atoms with E-state index in [2.05, 4.69) is 25.1 Å². The molecule has 5 amide bonds. The van der Waals surface area contributed by atoms with E-state index in [1.807, 2.05) is 25.1 Å². The van der Waals surface area contributed by atoms with Gasteiger partial charge in [-0.05, 0) is 92.1 Å².